The van der Waals surface area contributed by atoms with Crippen molar-refractivity contribution < 1.29 is 0 Å². The highest BCUT2D eigenvalue weighted by Crippen LogP contribution is 2.96. The molecule has 4 aliphatic rings. The van der Waals surface area contributed by atoms with Crippen molar-refractivity contribution >= 4 is 68.6 Å². The summed E-state index contributed by atoms with van der Waals surface area (Å²) in [5.74, 6) is 0. The molecule has 4 saturated heterocycles. The predicted molar refractivity (Wildman–Crippen MR) is 58.6 cm³/mol. The summed E-state index contributed by atoms with van der Waals surface area (Å²) in [6.07, 6.45) is 0. The Morgan fingerprint density at radius 2 is 1.10 bits per heavy atom. The van der Waals surface area contributed by atoms with Crippen LogP contribution in [0.15, 0.2) is 0 Å². The van der Waals surface area contributed by atoms with Gasteiger partial charge in [-0.2, -0.15) is 0 Å². The smallest absolute Gasteiger partial charge is 0.113 e. The second kappa shape index (κ2) is 1.66. The van der Waals surface area contributed by atoms with Crippen LogP contribution in [-0.2, 0) is 0 Å². The van der Waals surface area contributed by atoms with E-state index in [1.54, 1.807) is 0 Å². The van der Waals surface area contributed by atoms with E-state index in [1.807, 2.05) is 0 Å². The Morgan fingerprint density at radius 1 is 0.800 bits per heavy atom. The Balaban J connectivity index is 1.42. The predicted octanol–water partition coefficient (Wildman–Crippen LogP) is 3.31. The summed E-state index contributed by atoms with van der Waals surface area (Å²) in [7, 11) is 4.26. The molecule has 6 heteroatoms. The molecule has 0 atom stereocenters. The van der Waals surface area contributed by atoms with Gasteiger partial charge in [0.15, 0.2) is 0 Å². The van der Waals surface area contributed by atoms with E-state index in [1.165, 1.54) is 0 Å². The van der Waals surface area contributed by atoms with Crippen molar-refractivity contribution in [3.63, 3.8) is 0 Å². The van der Waals surface area contributed by atoms with Crippen LogP contribution >= 0.6 is 68.6 Å². The van der Waals surface area contributed by atoms with Gasteiger partial charge in [0.2, 0.25) is 0 Å². The first-order valence-corrected chi connectivity index (χ1v) is 8.58. The molecule has 4 rings (SSSR count). The van der Waals surface area contributed by atoms with Crippen LogP contribution in [0.5, 0.6) is 0 Å². The summed E-state index contributed by atoms with van der Waals surface area (Å²) in [5.41, 5.74) is 0. The van der Waals surface area contributed by atoms with E-state index in [4.69, 9.17) is 0 Å². The van der Waals surface area contributed by atoms with Crippen LogP contribution in [0.1, 0.15) is 0 Å². The van der Waals surface area contributed by atoms with Crippen LogP contribution < -0.4 is 0 Å². The Labute approximate surface area is 83.9 Å². The summed E-state index contributed by atoms with van der Waals surface area (Å²) in [6, 6.07) is 0. The first-order chi connectivity index (χ1) is 4.83. The topological polar surface area (TPSA) is 0 Å². The van der Waals surface area contributed by atoms with Crippen molar-refractivity contribution in [2.24, 2.45) is 0 Å². The van der Waals surface area contributed by atoms with Crippen LogP contribution in [0.4, 0.5) is 0 Å². The van der Waals surface area contributed by atoms with E-state index in [9.17, 15) is 0 Å². The minimum atomic E-state index is 0.677. The van der Waals surface area contributed by atoms with E-state index in [0.29, 0.717) is 6.82 Å². The summed E-state index contributed by atoms with van der Waals surface area (Å²) in [6.45, 7) is 0. The first kappa shape index (κ1) is 6.54. The van der Waals surface area contributed by atoms with Crippen molar-refractivity contribution in [1.29, 1.82) is 0 Å². The molecule has 0 aromatic rings. The molecule has 0 nitrogen and oxygen atoms in total. The van der Waals surface area contributed by atoms with Gasteiger partial charge in [-0.15, -0.1) is 47.0 Å². The fourth-order valence-electron chi connectivity index (χ4n) is 0.752. The van der Waals surface area contributed by atoms with Gasteiger partial charge in [-0.1, -0.05) is 21.6 Å². The van der Waals surface area contributed by atoms with Gasteiger partial charge in [-0.3, -0.25) is 0 Å². The quantitative estimate of drug-likeness (QED) is 0.546. The van der Waals surface area contributed by atoms with Crippen LogP contribution in [0.2, 0.25) is 0 Å². The van der Waals surface area contributed by atoms with Crippen LogP contribution in [-0.4, -0.2) is 16.0 Å². The molecule has 0 aromatic carbocycles. The largest absolute Gasteiger partial charge is 0.140 e. The Morgan fingerprint density at radius 3 is 1.30 bits per heavy atom. The highest BCUT2D eigenvalue weighted by atomic mass is 33.1. The van der Waals surface area contributed by atoms with E-state index in [2.05, 4.69) is 68.6 Å². The fourth-order valence-corrected chi connectivity index (χ4v) is 12.2. The van der Waals surface area contributed by atoms with E-state index < -0.39 is 0 Å². The normalized spacial score (nSPS) is 72.0. The number of hydrogen-bond donors (Lipinski definition) is 0. The molecule has 0 N–H and O–H groups in total. The van der Waals surface area contributed by atoms with Gasteiger partial charge < -0.3 is 0 Å². The van der Waals surface area contributed by atoms with Crippen LogP contribution in [0.3, 0.4) is 0 Å². The van der Waals surface area contributed by atoms with Crippen molar-refractivity contribution in [2.75, 3.05) is 0 Å². The molecule has 0 aromatic heterocycles. The van der Waals surface area contributed by atoms with Crippen molar-refractivity contribution in [3.8, 4) is 0 Å². The van der Waals surface area contributed by atoms with E-state index in [0.717, 1.165) is 9.16 Å². The molecule has 0 radical (unpaired) electrons. The molecule has 4 aliphatic heterocycles. The summed E-state index contributed by atoms with van der Waals surface area (Å²) >= 11 is 8.57. The molecule has 0 saturated carbocycles. The number of rotatable bonds is 3. The molecule has 0 bridgehead atoms. The monoisotopic (exact) mass is 242 g/mol. The molecular formula is C4H2S6. The minimum absolute atomic E-state index is 0.677. The maximum atomic E-state index is 2.14. The van der Waals surface area contributed by atoms with Gasteiger partial charge in [0.1, 0.15) is 6.82 Å². The molecule has 4 heterocycles. The first-order valence-electron chi connectivity index (χ1n) is 2.91. The lowest BCUT2D eigenvalue weighted by Crippen LogP contribution is -1.77. The maximum absolute atomic E-state index is 2.14. The number of thioether (sulfide) groups is 4. The van der Waals surface area contributed by atoms with Gasteiger partial charge in [-0.05, 0) is 0 Å². The van der Waals surface area contributed by atoms with Crippen LogP contribution in [0, 0.1) is 0 Å². The highest BCUT2D eigenvalue weighted by Gasteiger charge is 2.79. The average molecular weight is 242 g/mol. The SMILES string of the molecule is S(SC12SC1S2)C12SC1S2. The van der Waals surface area contributed by atoms with Gasteiger partial charge in [0, 0.05) is 0 Å². The standard InChI is InChI=1S/C4H2S6/c5-1-3(5,6-1)9-10-4-2(7-4)8-4/h1-2H. The van der Waals surface area contributed by atoms with Gasteiger partial charge in [0.05, 0.1) is 9.16 Å². The van der Waals surface area contributed by atoms with E-state index >= 15 is 0 Å². The Kier molecular flexibility index (Phi) is 1.09. The summed E-state index contributed by atoms with van der Waals surface area (Å²) in [4.78, 5) is 0. The van der Waals surface area contributed by atoms with Crippen molar-refractivity contribution in [3.05, 3.63) is 0 Å². The second-order valence-electron chi connectivity index (χ2n) is 2.51. The van der Waals surface area contributed by atoms with E-state index in [-0.39, 0.29) is 0 Å². The molecule has 0 amide bonds. The number of hydrogen-bond acceptors (Lipinski definition) is 6. The third kappa shape index (κ3) is 0.763. The third-order valence-corrected chi connectivity index (χ3v) is 15.0. The van der Waals surface area contributed by atoms with Gasteiger partial charge in [0.25, 0.3) is 0 Å². The molecule has 0 aliphatic carbocycles. The molecular weight excluding hydrogens is 240 g/mol. The van der Waals surface area contributed by atoms with Crippen molar-refractivity contribution in [1.82, 2.24) is 0 Å². The molecule has 54 valence electrons. The zero-order valence-corrected chi connectivity index (χ0v) is 9.50. The second-order valence-corrected chi connectivity index (χ2v) is 12.7. The zero-order chi connectivity index (χ0) is 6.40. The van der Waals surface area contributed by atoms with Crippen LogP contribution in [0.25, 0.3) is 0 Å². The molecule has 0 spiro atoms. The zero-order valence-electron chi connectivity index (χ0n) is 4.60. The molecule has 10 heavy (non-hydrogen) atoms. The Bertz CT molecular complexity index is 190. The highest BCUT2D eigenvalue weighted by molar-refractivity contribution is 8.90. The average Bonchev–Trinajstić information content (AvgIpc) is 2.54. The molecule has 0 unspecified atom stereocenters. The van der Waals surface area contributed by atoms with Crippen molar-refractivity contribution in [2.45, 2.75) is 16.0 Å². The lowest BCUT2D eigenvalue weighted by molar-refractivity contribution is 1.62. The van der Waals surface area contributed by atoms with Gasteiger partial charge in [-0.25, -0.2) is 0 Å². The minimum Gasteiger partial charge on any atom is -0.113 e. The molecule has 4 fully saturated rings. The summed E-state index contributed by atoms with van der Waals surface area (Å²) in [5, 5.41) is 0. The number of fused-ring (bicyclic) bond motifs is 2. The fraction of sp³-hybridized carbons (Fsp3) is 1.00. The maximum Gasteiger partial charge on any atom is 0.140 e. The third-order valence-electron chi connectivity index (χ3n) is 1.71. The lowest BCUT2D eigenvalue weighted by Gasteiger charge is -1.99. The van der Waals surface area contributed by atoms with Gasteiger partial charge >= 0.3 is 0 Å². The Hall–Kier alpha value is 2.10. The summed E-state index contributed by atoms with van der Waals surface area (Å²) < 4.78 is 3.34. The lowest BCUT2D eigenvalue weighted by atomic mass is 11.0.